The lowest BCUT2D eigenvalue weighted by Gasteiger charge is -2.32. The zero-order valence-corrected chi connectivity index (χ0v) is 51.0. The van der Waals surface area contributed by atoms with E-state index in [0.717, 1.165) is 40.9 Å². The number of aryl methyl sites for hydroxylation is 3. The summed E-state index contributed by atoms with van der Waals surface area (Å²) in [4.78, 5) is 49.0. The maximum atomic E-state index is 12.2. The van der Waals surface area contributed by atoms with Gasteiger partial charge in [-0.1, -0.05) is 31.2 Å². The van der Waals surface area contributed by atoms with Crippen LogP contribution in [0.15, 0.2) is 54.0 Å². The van der Waals surface area contributed by atoms with E-state index in [1.807, 2.05) is 94.4 Å². The highest BCUT2D eigenvalue weighted by Crippen LogP contribution is 2.41. The van der Waals surface area contributed by atoms with E-state index in [1.165, 1.54) is 42.1 Å². The topological polar surface area (TPSA) is 218 Å². The Morgan fingerprint density at radius 1 is 0.725 bits per heavy atom. The van der Waals surface area contributed by atoms with Crippen LogP contribution in [-0.4, -0.2) is 106 Å². The third kappa shape index (κ3) is 19.6. The highest BCUT2D eigenvalue weighted by Gasteiger charge is 2.52. The van der Waals surface area contributed by atoms with Gasteiger partial charge in [0.2, 0.25) is 0 Å². The number of rotatable bonds is 11. The summed E-state index contributed by atoms with van der Waals surface area (Å²) in [5.41, 5.74) is 12.1. The van der Waals surface area contributed by atoms with E-state index in [-0.39, 0.29) is 85.0 Å². The maximum absolute atomic E-state index is 12.2. The van der Waals surface area contributed by atoms with Crippen LogP contribution in [0.2, 0.25) is 5.02 Å². The monoisotopic (exact) mass is 1140 g/mol. The second-order valence-electron chi connectivity index (χ2n) is 24.2. The fourth-order valence-electron chi connectivity index (χ4n) is 8.80. The first-order valence-electron chi connectivity index (χ1n) is 27.2. The van der Waals surface area contributed by atoms with E-state index in [1.54, 1.807) is 36.6 Å². The predicted molar refractivity (Wildman–Crippen MR) is 319 cm³/mol. The summed E-state index contributed by atoms with van der Waals surface area (Å²) in [6.45, 7) is 38.6. The number of allylic oxidation sites excluding steroid dienone is 2. The zero-order chi connectivity index (χ0) is 59.7. The van der Waals surface area contributed by atoms with Crippen molar-refractivity contribution in [3.8, 4) is 17.2 Å². The van der Waals surface area contributed by atoms with Gasteiger partial charge in [0.25, 0.3) is 0 Å². The van der Waals surface area contributed by atoms with Gasteiger partial charge in [-0.3, -0.25) is 20.2 Å². The van der Waals surface area contributed by atoms with E-state index in [9.17, 15) is 29.8 Å². The number of nitrogens with two attached hydrogens (primary N) is 1. The standard InChI is InChI=1S/C19H26N2O5.C19H30N2O3.C11H19BO2.C10H12ClNO3.CH4/c1-12(2)25-17-10-15(13(3)9-16(17)21(23)24)14-7-8-20(11-14)18(22)26-19(4,5)6;1-12(2)23-17-10-15(13(3)9-16(17)20)14-7-8-21(11-14)18(22)24-19(4,5)6;1-10(2)11(3,4)14-12(13-10)9-7-5-6-8-9;1-6(2)15-10-5-8(11)7(3)4-9(10)12(13)14;/h7,9-10,12H,8,11H2,1-6H3;9-10,12,14H,7-8,11,20H2,1-6H3;7H,5-6,8H2,1-4H3;4-6H,1-3H3;1H4. The molecular weight excluding hydrogens is 1040 g/mol. The summed E-state index contributed by atoms with van der Waals surface area (Å²) >= 11 is 5.87. The zero-order valence-electron chi connectivity index (χ0n) is 50.2. The van der Waals surface area contributed by atoms with Crippen LogP contribution in [0.25, 0.3) is 5.57 Å². The maximum Gasteiger partial charge on any atom is 0.490 e. The summed E-state index contributed by atoms with van der Waals surface area (Å²) in [5.74, 6) is 1.46. The van der Waals surface area contributed by atoms with Gasteiger partial charge in [0.1, 0.15) is 17.0 Å². The van der Waals surface area contributed by atoms with Gasteiger partial charge < -0.3 is 48.5 Å². The third-order valence-electron chi connectivity index (χ3n) is 13.3. The molecule has 3 aromatic carbocycles. The first kappa shape index (κ1) is 68.2. The number of nitrogen functional groups attached to an aromatic ring is 1. The van der Waals surface area contributed by atoms with E-state index in [2.05, 4.69) is 40.7 Å². The molecule has 1 unspecified atom stereocenters. The number of hydrogen-bond acceptors (Lipinski definition) is 14. The molecular formula is C60H91BClN5O13. The van der Waals surface area contributed by atoms with E-state index >= 15 is 0 Å². The Labute approximate surface area is 481 Å². The normalized spacial score (nSPS) is 17.2. The highest BCUT2D eigenvalue weighted by atomic mass is 35.5. The Morgan fingerprint density at radius 3 is 1.69 bits per heavy atom. The van der Waals surface area contributed by atoms with Crippen molar-refractivity contribution in [3.05, 3.63) is 107 Å². The Balaban J connectivity index is 0.000000288. The molecule has 3 aromatic rings. The van der Waals surface area contributed by atoms with E-state index in [4.69, 9.17) is 50.3 Å². The van der Waals surface area contributed by atoms with Crippen molar-refractivity contribution in [1.29, 1.82) is 0 Å². The predicted octanol–water partition coefficient (Wildman–Crippen LogP) is 15.1. The number of carbonyl (C=O) groups excluding carboxylic acids is 2. The van der Waals surface area contributed by atoms with Gasteiger partial charge >= 0.3 is 30.7 Å². The van der Waals surface area contributed by atoms with Crippen LogP contribution in [0.4, 0.5) is 26.7 Å². The molecule has 0 aromatic heterocycles. The van der Waals surface area contributed by atoms with Gasteiger partial charge in [-0.05, 0) is 214 Å². The summed E-state index contributed by atoms with van der Waals surface area (Å²) in [6.07, 6.45) is 7.85. The molecule has 80 heavy (non-hydrogen) atoms. The van der Waals surface area contributed by atoms with Crippen molar-refractivity contribution >= 4 is 53.5 Å². The molecule has 20 heteroatoms. The molecule has 7 rings (SSSR count). The SMILES string of the molecule is C.CC1(C)OB(C2=CCCC2)OC1(C)C.Cc1cc(N)c(OC(C)C)cc1C1CCN(C(=O)OC(C)(C)C)C1.Cc1cc([N+](=O)[O-])c(OC(C)C)cc1C1=CCN(C(=O)OC(C)(C)C)C1.Cc1cc([N+](=O)[O-])c(OC(C)C)cc1Cl. The molecule has 2 N–H and O–H groups in total. The van der Waals surface area contributed by atoms with Crippen LogP contribution >= 0.6 is 11.6 Å². The molecule has 444 valence electrons. The Bertz CT molecular complexity index is 2710. The van der Waals surface area contributed by atoms with Crippen molar-refractivity contribution in [2.24, 2.45) is 0 Å². The molecule has 4 aliphatic rings. The lowest BCUT2D eigenvalue weighted by Crippen LogP contribution is -2.41. The number of nitro groups is 2. The van der Waals surface area contributed by atoms with Gasteiger partial charge in [-0.25, -0.2) is 9.59 Å². The molecule has 0 bridgehead atoms. The molecule has 0 saturated carbocycles. The molecule has 2 saturated heterocycles. The largest absolute Gasteiger partial charge is 0.490 e. The number of nitrogens with zero attached hydrogens (tertiary/aromatic N) is 4. The second-order valence-corrected chi connectivity index (χ2v) is 24.6. The van der Waals surface area contributed by atoms with E-state index in [0.29, 0.717) is 42.5 Å². The average Bonchev–Trinajstić information content (AvgIpc) is 4.14. The number of nitro benzene ring substituents is 2. The molecule has 2 fully saturated rings. The third-order valence-corrected chi connectivity index (χ3v) is 13.7. The summed E-state index contributed by atoms with van der Waals surface area (Å²) in [7, 11) is -0.0949. The number of hydrogen-bond donors (Lipinski definition) is 1. The number of amides is 2. The van der Waals surface area contributed by atoms with E-state index < -0.39 is 21.0 Å². The van der Waals surface area contributed by atoms with Crippen molar-refractivity contribution in [2.45, 2.75) is 211 Å². The van der Waals surface area contributed by atoms with Gasteiger partial charge in [0.05, 0.1) is 45.0 Å². The van der Waals surface area contributed by atoms with Crippen LogP contribution in [0.3, 0.4) is 0 Å². The smallest absolute Gasteiger partial charge is 0.489 e. The lowest BCUT2D eigenvalue weighted by molar-refractivity contribution is -0.386. The Hall–Kier alpha value is -6.05. The number of anilines is 1. The number of likely N-dealkylation sites (tertiary alicyclic amines) is 1. The molecule has 18 nitrogen and oxygen atoms in total. The van der Waals surface area contributed by atoms with Gasteiger partial charge in [-0.15, -0.1) is 0 Å². The number of halogens is 1. The lowest BCUT2D eigenvalue weighted by atomic mass is 9.78. The number of carbonyl (C=O) groups is 2. The van der Waals surface area contributed by atoms with Gasteiger partial charge in [0.15, 0.2) is 11.5 Å². The van der Waals surface area contributed by atoms with Crippen molar-refractivity contribution < 1.29 is 52.4 Å². The van der Waals surface area contributed by atoms with Crippen LogP contribution in [0, 0.1) is 41.0 Å². The van der Waals surface area contributed by atoms with Crippen LogP contribution in [0.1, 0.15) is 178 Å². The molecule has 3 heterocycles. The molecule has 1 aliphatic carbocycles. The molecule has 0 radical (unpaired) electrons. The number of ether oxygens (including phenoxy) is 5. The fraction of sp³-hybridized carbons (Fsp3) is 0.600. The second kappa shape index (κ2) is 28.1. The average molecular weight is 1140 g/mol. The van der Waals surface area contributed by atoms with Crippen molar-refractivity contribution in [3.63, 3.8) is 0 Å². The van der Waals surface area contributed by atoms with Gasteiger partial charge in [-0.2, -0.15) is 0 Å². The van der Waals surface area contributed by atoms with Crippen molar-refractivity contribution in [2.75, 3.05) is 31.9 Å². The summed E-state index contributed by atoms with van der Waals surface area (Å²) < 4.78 is 39.5. The summed E-state index contributed by atoms with van der Waals surface area (Å²) in [5, 5.41) is 22.5. The quantitative estimate of drug-likeness (QED) is 0.0818. The summed E-state index contributed by atoms with van der Waals surface area (Å²) in [6, 6.07) is 10.1. The fourth-order valence-corrected chi connectivity index (χ4v) is 8.95. The van der Waals surface area contributed by atoms with Crippen LogP contribution in [0.5, 0.6) is 17.2 Å². The first-order chi connectivity index (χ1) is 36.4. The van der Waals surface area contributed by atoms with Crippen molar-refractivity contribution in [1.82, 2.24) is 9.80 Å². The first-order valence-corrected chi connectivity index (χ1v) is 27.6. The van der Waals surface area contributed by atoms with Crippen LogP contribution < -0.4 is 19.9 Å². The highest BCUT2D eigenvalue weighted by molar-refractivity contribution is 6.54. The van der Waals surface area contributed by atoms with Gasteiger partial charge in [0, 0.05) is 55.3 Å². The molecule has 2 amide bonds. The minimum absolute atomic E-state index is 0. The molecule has 0 spiro atoms. The Kier molecular flexibility index (Phi) is 24.0. The Morgan fingerprint density at radius 2 is 1.21 bits per heavy atom. The molecule has 1 atom stereocenters. The minimum Gasteiger partial charge on any atom is -0.489 e. The van der Waals surface area contributed by atoms with Crippen LogP contribution in [-0.2, 0) is 18.8 Å². The minimum atomic E-state index is -0.554. The molecule has 3 aliphatic heterocycles. The number of benzene rings is 3.